The van der Waals surface area contributed by atoms with Crippen molar-refractivity contribution in [3.05, 3.63) is 95.6 Å². The number of rotatable bonds is 8. The van der Waals surface area contributed by atoms with Gasteiger partial charge in [-0.2, -0.15) is 4.31 Å². The highest BCUT2D eigenvalue weighted by Crippen LogP contribution is 2.30. The zero-order chi connectivity index (χ0) is 23.3. The fourth-order valence-corrected chi connectivity index (χ4v) is 5.77. The van der Waals surface area contributed by atoms with E-state index in [9.17, 15) is 13.2 Å². The van der Waals surface area contributed by atoms with E-state index in [1.807, 2.05) is 60.7 Å². The lowest BCUT2D eigenvalue weighted by molar-refractivity contribution is 0.0729. The summed E-state index contributed by atoms with van der Waals surface area (Å²) in [7, 11) is -2.30. The molecule has 0 saturated carbocycles. The summed E-state index contributed by atoms with van der Waals surface area (Å²) >= 11 is 0. The van der Waals surface area contributed by atoms with Crippen LogP contribution in [0.25, 0.3) is 0 Å². The van der Waals surface area contributed by atoms with Gasteiger partial charge in [0.25, 0.3) is 5.91 Å². The molecule has 1 amide bonds. The zero-order valence-electron chi connectivity index (χ0n) is 18.7. The summed E-state index contributed by atoms with van der Waals surface area (Å²) in [6.45, 7) is 1.79. The monoisotopic (exact) mass is 464 g/mol. The van der Waals surface area contributed by atoms with Gasteiger partial charge in [-0.3, -0.25) is 4.79 Å². The van der Waals surface area contributed by atoms with Crippen LogP contribution in [0.2, 0.25) is 0 Å². The Balaban J connectivity index is 1.69. The first-order chi connectivity index (χ1) is 16.0. The van der Waals surface area contributed by atoms with E-state index < -0.39 is 10.0 Å². The standard InChI is InChI=1S/C26H28N2O4S/c1-32-24-15-14-23(18-25(24)33(30,31)28-16-8-9-17-28)26(29)27(19-21-10-4-2-5-11-21)20-22-12-6-3-7-13-22/h2-7,10-15,18H,8-9,16-17,19-20H2,1H3. The van der Waals surface area contributed by atoms with Gasteiger partial charge in [-0.25, -0.2) is 8.42 Å². The molecule has 4 rings (SSSR count). The van der Waals surface area contributed by atoms with Crippen LogP contribution in [0.5, 0.6) is 5.75 Å². The van der Waals surface area contributed by atoms with Crippen LogP contribution in [0.1, 0.15) is 34.3 Å². The lowest BCUT2D eigenvalue weighted by Gasteiger charge is -2.24. The van der Waals surface area contributed by atoms with E-state index in [2.05, 4.69) is 0 Å². The molecule has 0 unspecified atom stereocenters. The van der Waals surface area contributed by atoms with Gasteiger partial charge in [-0.1, -0.05) is 60.7 Å². The highest BCUT2D eigenvalue weighted by Gasteiger charge is 2.31. The lowest BCUT2D eigenvalue weighted by Crippen LogP contribution is -2.31. The predicted molar refractivity (Wildman–Crippen MR) is 127 cm³/mol. The summed E-state index contributed by atoms with van der Waals surface area (Å²) < 4.78 is 33.3. The first-order valence-corrected chi connectivity index (χ1v) is 12.5. The van der Waals surface area contributed by atoms with Crippen LogP contribution in [-0.4, -0.2) is 43.7 Å². The number of carbonyl (C=O) groups excluding carboxylic acids is 1. The van der Waals surface area contributed by atoms with E-state index in [-0.39, 0.29) is 16.6 Å². The van der Waals surface area contributed by atoms with E-state index in [0.717, 1.165) is 24.0 Å². The first kappa shape index (κ1) is 23.0. The van der Waals surface area contributed by atoms with Gasteiger partial charge >= 0.3 is 0 Å². The second-order valence-electron chi connectivity index (χ2n) is 8.11. The van der Waals surface area contributed by atoms with Crippen LogP contribution in [0.4, 0.5) is 0 Å². The molecular formula is C26H28N2O4S. The molecule has 1 aliphatic heterocycles. The summed E-state index contributed by atoms with van der Waals surface area (Å²) in [4.78, 5) is 15.4. The normalized spacial score (nSPS) is 14.2. The number of nitrogens with zero attached hydrogens (tertiary/aromatic N) is 2. The number of sulfonamides is 1. The van der Waals surface area contributed by atoms with Crippen molar-refractivity contribution in [1.29, 1.82) is 0 Å². The summed E-state index contributed by atoms with van der Waals surface area (Å²) in [6.07, 6.45) is 1.67. The lowest BCUT2D eigenvalue weighted by atomic mass is 10.1. The molecule has 0 aromatic heterocycles. The van der Waals surface area contributed by atoms with Crippen molar-refractivity contribution in [2.75, 3.05) is 20.2 Å². The van der Waals surface area contributed by atoms with Gasteiger partial charge in [0.2, 0.25) is 10.0 Å². The highest BCUT2D eigenvalue weighted by atomic mass is 32.2. The molecule has 172 valence electrons. The fraction of sp³-hybridized carbons (Fsp3) is 0.269. The van der Waals surface area contributed by atoms with Gasteiger partial charge < -0.3 is 9.64 Å². The van der Waals surface area contributed by atoms with Gasteiger partial charge in [-0.15, -0.1) is 0 Å². The van der Waals surface area contributed by atoms with Crippen molar-refractivity contribution in [2.24, 2.45) is 0 Å². The maximum Gasteiger partial charge on any atom is 0.254 e. The third-order valence-electron chi connectivity index (χ3n) is 5.81. The summed E-state index contributed by atoms with van der Waals surface area (Å²) in [5.74, 6) is 0.0133. The maximum atomic E-state index is 13.6. The second kappa shape index (κ2) is 10.2. The van der Waals surface area contributed by atoms with Crippen LogP contribution in [0, 0.1) is 0 Å². The summed E-state index contributed by atoms with van der Waals surface area (Å²) in [6, 6.07) is 24.2. The smallest absolute Gasteiger partial charge is 0.254 e. The first-order valence-electron chi connectivity index (χ1n) is 11.0. The average molecular weight is 465 g/mol. The Kier molecular flexibility index (Phi) is 7.11. The average Bonchev–Trinajstić information content (AvgIpc) is 3.40. The Morgan fingerprint density at radius 2 is 1.42 bits per heavy atom. The molecule has 3 aromatic carbocycles. The molecule has 6 nitrogen and oxygen atoms in total. The molecule has 1 heterocycles. The van der Waals surface area contributed by atoms with Crippen LogP contribution in [0.15, 0.2) is 83.8 Å². The topological polar surface area (TPSA) is 66.9 Å². The highest BCUT2D eigenvalue weighted by molar-refractivity contribution is 7.89. The summed E-state index contributed by atoms with van der Waals surface area (Å²) in [5, 5.41) is 0. The van der Waals surface area contributed by atoms with Crippen LogP contribution in [-0.2, 0) is 23.1 Å². The third kappa shape index (κ3) is 5.26. The Hall–Kier alpha value is -3.16. The molecule has 1 saturated heterocycles. The number of hydrogen-bond acceptors (Lipinski definition) is 4. The number of amides is 1. The van der Waals surface area contributed by atoms with Crippen LogP contribution < -0.4 is 4.74 Å². The minimum Gasteiger partial charge on any atom is -0.495 e. The molecule has 1 fully saturated rings. The second-order valence-corrected chi connectivity index (χ2v) is 10.0. The number of hydrogen-bond donors (Lipinski definition) is 0. The van der Waals surface area contributed by atoms with E-state index in [0.29, 0.717) is 31.7 Å². The quantitative estimate of drug-likeness (QED) is 0.498. The van der Waals surface area contributed by atoms with Crippen LogP contribution in [0.3, 0.4) is 0 Å². The summed E-state index contributed by atoms with van der Waals surface area (Å²) in [5.41, 5.74) is 2.32. The van der Waals surface area contributed by atoms with E-state index in [1.165, 1.54) is 17.5 Å². The van der Waals surface area contributed by atoms with Crippen molar-refractivity contribution < 1.29 is 17.9 Å². The molecule has 0 radical (unpaired) electrons. The molecule has 1 aliphatic rings. The molecule has 0 bridgehead atoms. The molecule has 0 spiro atoms. The molecule has 33 heavy (non-hydrogen) atoms. The Morgan fingerprint density at radius 1 is 0.879 bits per heavy atom. The van der Waals surface area contributed by atoms with E-state index in [4.69, 9.17) is 4.74 Å². The number of benzene rings is 3. The van der Waals surface area contributed by atoms with Crippen molar-refractivity contribution in [3.8, 4) is 5.75 Å². The Morgan fingerprint density at radius 3 is 1.94 bits per heavy atom. The molecule has 0 aliphatic carbocycles. The van der Waals surface area contributed by atoms with Gasteiger partial charge in [0.1, 0.15) is 10.6 Å². The number of ether oxygens (including phenoxy) is 1. The SMILES string of the molecule is COc1ccc(C(=O)N(Cc2ccccc2)Cc2ccccc2)cc1S(=O)(=O)N1CCCC1. The maximum absolute atomic E-state index is 13.6. The van der Waals surface area contributed by atoms with Gasteiger partial charge in [-0.05, 0) is 42.2 Å². The van der Waals surface area contributed by atoms with Crippen molar-refractivity contribution in [3.63, 3.8) is 0 Å². The third-order valence-corrected chi connectivity index (χ3v) is 7.73. The predicted octanol–water partition coefficient (Wildman–Crippen LogP) is 4.32. The largest absolute Gasteiger partial charge is 0.495 e. The fourth-order valence-electron chi connectivity index (χ4n) is 4.07. The van der Waals surface area contributed by atoms with E-state index in [1.54, 1.807) is 17.0 Å². The molecule has 7 heteroatoms. The minimum absolute atomic E-state index is 0.0390. The minimum atomic E-state index is -3.74. The van der Waals surface area contributed by atoms with Crippen molar-refractivity contribution in [2.45, 2.75) is 30.8 Å². The molecule has 0 N–H and O–H groups in total. The number of methoxy groups -OCH3 is 1. The molecule has 3 aromatic rings. The van der Waals surface area contributed by atoms with Gasteiger partial charge in [0, 0.05) is 31.7 Å². The van der Waals surface area contributed by atoms with Crippen molar-refractivity contribution in [1.82, 2.24) is 9.21 Å². The van der Waals surface area contributed by atoms with E-state index >= 15 is 0 Å². The van der Waals surface area contributed by atoms with Gasteiger partial charge in [0.05, 0.1) is 7.11 Å². The van der Waals surface area contributed by atoms with Gasteiger partial charge in [0.15, 0.2) is 0 Å². The Labute approximate surface area is 195 Å². The number of carbonyl (C=O) groups is 1. The molecular weight excluding hydrogens is 436 g/mol. The Bertz CT molecular complexity index is 1150. The van der Waals surface area contributed by atoms with Crippen LogP contribution >= 0.6 is 0 Å². The zero-order valence-corrected chi connectivity index (χ0v) is 19.5. The van der Waals surface area contributed by atoms with Crippen molar-refractivity contribution >= 4 is 15.9 Å². The molecule has 0 atom stereocenters.